The van der Waals surface area contributed by atoms with E-state index in [1.165, 1.54) is 0 Å². The molecule has 1 aliphatic rings. The Hall–Kier alpha value is -1.27. The van der Waals surface area contributed by atoms with E-state index in [0.717, 1.165) is 17.3 Å². The average Bonchev–Trinajstić information content (AvgIpc) is 3.17. The first-order chi connectivity index (χ1) is 9.47. The molecule has 1 aromatic rings. The number of hydrogen-bond acceptors (Lipinski definition) is 2. The molecule has 2 amide bonds. The molecule has 0 aromatic heterocycles. The second-order valence-electron chi connectivity index (χ2n) is 4.62. The van der Waals surface area contributed by atoms with Crippen LogP contribution in [0.1, 0.15) is 19.3 Å². The van der Waals surface area contributed by atoms with Crippen LogP contribution in [0, 0.1) is 0 Å². The quantitative estimate of drug-likeness (QED) is 0.842. The van der Waals surface area contributed by atoms with Crippen molar-refractivity contribution in [3.8, 4) is 0 Å². The average molecular weight is 362 g/mol. The summed E-state index contributed by atoms with van der Waals surface area (Å²) in [5.74, 6) is -0.912. The molecule has 108 valence electrons. The first-order valence-corrected chi connectivity index (χ1v) is 7.39. The number of halogens is 2. The number of carbonyl (C=O) groups excluding carboxylic acids is 1. The number of hydrogen-bond donors (Lipinski definition) is 2. The SMILES string of the molecule is O=C(O)CCN(C(=O)Nc1ccc(Br)cc1Cl)C1CC1. The van der Waals surface area contributed by atoms with Crippen LogP contribution in [0.5, 0.6) is 0 Å². The molecular weight excluding hydrogens is 348 g/mol. The number of nitrogens with zero attached hydrogens (tertiary/aromatic N) is 1. The molecule has 5 nitrogen and oxygen atoms in total. The number of carboxylic acid groups (broad SMARTS) is 1. The Kier molecular flexibility index (Phi) is 4.88. The zero-order valence-electron chi connectivity index (χ0n) is 10.6. The van der Waals surface area contributed by atoms with E-state index in [0.29, 0.717) is 10.7 Å². The van der Waals surface area contributed by atoms with Crippen LogP contribution in [0.15, 0.2) is 22.7 Å². The standard InChI is InChI=1S/C13H14BrClN2O3/c14-8-1-4-11(10(15)7-8)16-13(20)17(9-2-3-9)6-5-12(18)19/h1,4,7,9H,2-3,5-6H2,(H,16,20)(H,18,19). The number of anilines is 1. The van der Waals surface area contributed by atoms with E-state index < -0.39 is 5.97 Å². The first-order valence-electron chi connectivity index (χ1n) is 6.22. The van der Waals surface area contributed by atoms with Gasteiger partial charge in [-0.05, 0) is 31.0 Å². The summed E-state index contributed by atoms with van der Waals surface area (Å²) in [7, 11) is 0. The zero-order chi connectivity index (χ0) is 14.7. The highest BCUT2D eigenvalue weighted by atomic mass is 79.9. The van der Waals surface area contributed by atoms with Gasteiger partial charge in [-0.1, -0.05) is 27.5 Å². The van der Waals surface area contributed by atoms with Gasteiger partial charge < -0.3 is 15.3 Å². The van der Waals surface area contributed by atoms with Crippen LogP contribution >= 0.6 is 27.5 Å². The van der Waals surface area contributed by atoms with Gasteiger partial charge in [-0.2, -0.15) is 0 Å². The highest BCUT2D eigenvalue weighted by Gasteiger charge is 2.32. The van der Waals surface area contributed by atoms with Gasteiger partial charge in [-0.3, -0.25) is 4.79 Å². The van der Waals surface area contributed by atoms with Gasteiger partial charge in [0.25, 0.3) is 0 Å². The van der Waals surface area contributed by atoms with E-state index in [1.807, 2.05) is 0 Å². The number of aliphatic carboxylic acids is 1. The Morgan fingerprint density at radius 3 is 2.70 bits per heavy atom. The van der Waals surface area contributed by atoms with Gasteiger partial charge in [0.15, 0.2) is 0 Å². The van der Waals surface area contributed by atoms with Gasteiger partial charge in [0.1, 0.15) is 0 Å². The third kappa shape index (κ3) is 4.11. The normalized spacial score (nSPS) is 13.9. The monoisotopic (exact) mass is 360 g/mol. The first kappa shape index (κ1) is 15.1. The van der Waals surface area contributed by atoms with Crippen LogP contribution in [0.3, 0.4) is 0 Å². The molecule has 0 spiro atoms. The summed E-state index contributed by atoms with van der Waals surface area (Å²) in [6.45, 7) is 0.208. The molecule has 0 radical (unpaired) electrons. The van der Waals surface area contributed by atoms with Crippen molar-refractivity contribution in [2.24, 2.45) is 0 Å². The van der Waals surface area contributed by atoms with Crippen LogP contribution in [-0.2, 0) is 4.79 Å². The molecule has 0 bridgehead atoms. The molecule has 2 N–H and O–H groups in total. The number of carbonyl (C=O) groups is 2. The maximum Gasteiger partial charge on any atom is 0.322 e. The molecule has 2 rings (SSSR count). The fraction of sp³-hybridized carbons (Fsp3) is 0.385. The molecular formula is C13H14BrClN2O3. The maximum atomic E-state index is 12.2. The number of nitrogens with one attached hydrogen (secondary N) is 1. The third-order valence-electron chi connectivity index (χ3n) is 2.99. The summed E-state index contributed by atoms with van der Waals surface area (Å²) in [5.41, 5.74) is 0.515. The highest BCUT2D eigenvalue weighted by Crippen LogP contribution is 2.29. The summed E-state index contributed by atoms with van der Waals surface area (Å²) in [4.78, 5) is 24.4. The molecule has 1 fully saturated rings. The van der Waals surface area contributed by atoms with Gasteiger partial charge in [-0.15, -0.1) is 0 Å². The fourth-order valence-electron chi connectivity index (χ4n) is 1.83. The lowest BCUT2D eigenvalue weighted by atomic mass is 10.3. The predicted molar refractivity (Wildman–Crippen MR) is 80.2 cm³/mol. The predicted octanol–water partition coefficient (Wildman–Crippen LogP) is 3.57. The van der Waals surface area contributed by atoms with Crippen molar-refractivity contribution in [2.45, 2.75) is 25.3 Å². The lowest BCUT2D eigenvalue weighted by Crippen LogP contribution is -2.38. The third-order valence-corrected chi connectivity index (χ3v) is 3.79. The highest BCUT2D eigenvalue weighted by molar-refractivity contribution is 9.10. The Labute approximate surface area is 130 Å². The van der Waals surface area contributed by atoms with E-state index in [4.69, 9.17) is 16.7 Å². The van der Waals surface area contributed by atoms with Crippen molar-refractivity contribution >= 4 is 45.2 Å². The lowest BCUT2D eigenvalue weighted by molar-refractivity contribution is -0.137. The second-order valence-corrected chi connectivity index (χ2v) is 5.95. The van der Waals surface area contributed by atoms with Crippen molar-refractivity contribution < 1.29 is 14.7 Å². The smallest absolute Gasteiger partial charge is 0.322 e. The van der Waals surface area contributed by atoms with Crippen LogP contribution in [0.4, 0.5) is 10.5 Å². The van der Waals surface area contributed by atoms with Crippen molar-refractivity contribution in [3.05, 3.63) is 27.7 Å². The summed E-state index contributed by atoms with van der Waals surface area (Å²) >= 11 is 9.34. The summed E-state index contributed by atoms with van der Waals surface area (Å²) < 4.78 is 0.824. The van der Waals surface area contributed by atoms with E-state index in [-0.39, 0.29) is 25.0 Å². The molecule has 1 aliphatic carbocycles. The van der Waals surface area contributed by atoms with Crippen LogP contribution in [0.2, 0.25) is 5.02 Å². The van der Waals surface area contributed by atoms with Gasteiger partial charge in [0.05, 0.1) is 17.1 Å². The molecule has 1 aromatic carbocycles. The molecule has 1 saturated carbocycles. The molecule has 0 aliphatic heterocycles. The molecule has 0 unspecified atom stereocenters. The van der Waals surface area contributed by atoms with Crippen molar-refractivity contribution in [3.63, 3.8) is 0 Å². The molecule has 7 heteroatoms. The number of carboxylic acids is 1. The van der Waals surface area contributed by atoms with E-state index in [9.17, 15) is 9.59 Å². The van der Waals surface area contributed by atoms with Crippen molar-refractivity contribution in [2.75, 3.05) is 11.9 Å². The largest absolute Gasteiger partial charge is 0.481 e. The summed E-state index contributed by atoms with van der Waals surface area (Å²) in [6.07, 6.45) is 1.78. The molecule has 0 heterocycles. The Morgan fingerprint density at radius 2 is 2.15 bits per heavy atom. The van der Waals surface area contributed by atoms with E-state index in [2.05, 4.69) is 21.2 Å². The zero-order valence-corrected chi connectivity index (χ0v) is 12.9. The van der Waals surface area contributed by atoms with Crippen molar-refractivity contribution in [1.82, 2.24) is 4.90 Å². The number of urea groups is 1. The number of amides is 2. The molecule has 20 heavy (non-hydrogen) atoms. The minimum absolute atomic E-state index is 0.0575. The van der Waals surface area contributed by atoms with Gasteiger partial charge in [-0.25, -0.2) is 4.79 Å². The minimum Gasteiger partial charge on any atom is -0.481 e. The number of benzene rings is 1. The second kappa shape index (κ2) is 6.45. The van der Waals surface area contributed by atoms with Gasteiger partial charge >= 0.3 is 12.0 Å². The van der Waals surface area contributed by atoms with Gasteiger partial charge in [0, 0.05) is 17.1 Å². The molecule has 0 saturated heterocycles. The minimum atomic E-state index is -0.912. The molecule has 0 atom stereocenters. The van der Waals surface area contributed by atoms with Gasteiger partial charge in [0.2, 0.25) is 0 Å². The fourth-order valence-corrected chi connectivity index (χ4v) is 2.55. The lowest BCUT2D eigenvalue weighted by Gasteiger charge is -2.22. The van der Waals surface area contributed by atoms with E-state index >= 15 is 0 Å². The van der Waals surface area contributed by atoms with Crippen LogP contribution in [-0.4, -0.2) is 34.6 Å². The van der Waals surface area contributed by atoms with Crippen molar-refractivity contribution in [1.29, 1.82) is 0 Å². The Balaban J connectivity index is 2.02. The van der Waals surface area contributed by atoms with Crippen LogP contribution < -0.4 is 5.32 Å². The topological polar surface area (TPSA) is 69.6 Å². The summed E-state index contributed by atoms with van der Waals surface area (Å²) in [6, 6.07) is 5.00. The Bertz CT molecular complexity index is 534. The Morgan fingerprint density at radius 1 is 1.45 bits per heavy atom. The van der Waals surface area contributed by atoms with E-state index in [1.54, 1.807) is 23.1 Å². The summed E-state index contributed by atoms with van der Waals surface area (Å²) in [5, 5.41) is 11.9. The van der Waals surface area contributed by atoms with Crippen LogP contribution in [0.25, 0.3) is 0 Å². The maximum absolute atomic E-state index is 12.2. The number of rotatable bonds is 5.